The summed E-state index contributed by atoms with van der Waals surface area (Å²) in [6, 6.07) is 15.6. The van der Waals surface area contributed by atoms with Crippen LogP contribution in [0.5, 0.6) is 0 Å². The third-order valence-corrected chi connectivity index (χ3v) is 3.61. The van der Waals surface area contributed by atoms with Crippen LogP contribution < -0.4 is 0 Å². The Kier molecular flexibility index (Phi) is 4.78. The largest absolute Gasteiger partial charge is 0.373 e. The summed E-state index contributed by atoms with van der Waals surface area (Å²) < 4.78 is 19.1. The molecular formula is C18H16FNO3. The van der Waals surface area contributed by atoms with Gasteiger partial charge in [-0.25, -0.2) is 9.18 Å². The van der Waals surface area contributed by atoms with E-state index < -0.39 is 11.8 Å². The molecule has 23 heavy (non-hydrogen) atoms. The quantitative estimate of drug-likeness (QED) is 0.624. The Morgan fingerprint density at radius 2 is 1.78 bits per heavy atom. The maximum atomic E-state index is 13.4. The van der Waals surface area contributed by atoms with Crippen LogP contribution in [0, 0.1) is 5.82 Å². The molecule has 0 bridgehead atoms. The van der Waals surface area contributed by atoms with Gasteiger partial charge in [0.25, 0.3) is 0 Å². The van der Waals surface area contributed by atoms with E-state index in [0.29, 0.717) is 19.4 Å². The predicted molar refractivity (Wildman–Crippen MR) is 83.5 cm³/mol. The van der Waals surface area contributed by atoms with Crippen LogP contribution in [0.15, 0.2) is 59.8 Å². The fourth-order valence-corrected chi connectivity index (χ4v) is 2.23. The number of carbonyl (C=O) groups is 1. The Bertz CT molecular complexity index is 707. The van der Waals surface area contributed by atoms with E-state index in [1.54, 1.807) is 6.07 Å². The number of ether oxygens (including phenoxy) is 1. The molecule has 0 radical (unpaired) electrons. The Morgan fingerprint density at radius 3 is 2.52 bits per heavy atom. The smallest absolute Gasteiger partial charge is 0.368 e. The first-order valence-corrected chi connectivity index (χ1v) is 7.39. The van der Waals surface area contributed by atoms with Crippen LogP contribution in [0.4, 0.5) is 4.39 Å². The van der Waals surface area contributed by atoms with Crippen molar-refractivity contribution in [2.75, 3.05) is 0 Å². The molecular weight excluding hydrogens is 297 g/mol. The summed E-state index contributed by atoms with van der Waals surface area (Å²) in [4.78, 5) is 16.5. The minimum Gasteiger partial charge on any atom is -0.373 e. The highest BCUT2D eigenvalue weighted by atomic mass is 19.1. The Balaban J connectivity index is 1.43. The van der Waals surface area contributed by atoms with E-state index >= 15 is 0 Å². The van der Waals surface area contributed by atoms with Gasteiger partial charge in [0, 0.05) is 12.8 Å². The maximum absolute atomic E-state index is 13.4. The molecule has 0 unspecified atom stereocenters. The van der Waals surface area contributed by atoms with Gasteiger partial charge in [-0.15, -0.1) is 0 Å². The summed E-state index contributed by atoms with van der Waals surface area (Å²) in [7, 11) is 0. The standard InChI is InChI=1S/C18H16FNO3/c19-17-9-5-4-8-16(17)18(21)23-20-14-10-15(11-14)22-12-13-6-2-1-3-7-13/h1-9,15H,10-12H2. The second-order valence-corrected chi connectivity index (χ2v) is 5.34. The van der Waals surface area contributed by atoms with E-state index in [4.69, 9.17) is 9.57 Å². The number of benzene rings is 2. The SMILES string of the molecule is O=C(ON=C1CC(OCc2ccccc2)C1)c1ccccc1F. The van der Waals surface area contributed by atoms with Crippen molar-refractivity contribution in [1.29, 1.82) is 0 Å². The lowest BCUT2D eigenvalue weighted by Gasteiger charge is -2.27. The molecule has 0 spiro atoms. The third kappa shape index (κ3) is 4.02. The molecule has 0 aromatic heterocycles. The second kappa shape index (κ2) is 7.15. The highest BCUT2D eigenvalue weighted by Crippen LogP contribution is 2.22. The molecule has 2 aromatic carbocycles. The molecule has 0 atom stereocenters. The number of rotatable bonds is 5. The van der Waals surface area contributed by atoms with Crippen LogP contribution in [0.25, 0.3) is 0 Å². The Morgan fingerprint density at radius 1 is 1.09 bits per heavy atom. The first-order chi connectivity index (χ1) is 11.2. The van der Waals surface area contributed by atoms with Crippen molar-refractivity contribution in [3.05, 3.63) is 71.5 Å². The highest BCUT2D eigenvalue weighted by molar-refractivity contribution is 5.93. The van der Waals surface area contributed by atoms with Crippen molar-refractivity contribution >= 4 is 11.7 Å². The highest BCUT2D eigenvalue weighted by Gasteiger charge is 2.27. The summed E-state index contributed by atoms with van der Waals surface area (Å²) in [6.07, 6.45) is 1.33. The summed E-state index contributed by atoms with van der Waals surface area (Å²) in [5.74, 6) is -1.40. The molecule has 0 aliphatic heterocycles. The maximum Gasteiger partial charge on any atom is 0.368 e. The molecule has 4 nitrogen and oxygen atoms in total. The van der Waals surface area contributed by atoms with E-state index in [9.17, 15) is 9.18 Å². The van der Waals surface area contributed by atoms with Crippen molar-refractivity contribution in [2.45, 2.75) is 25.6 Å². The fourth-order valence-electron chi connectivity index (χ4n) is 2.23. The van der Waals surface area contributed by atoms with Gasteiger partial charge in [0.15, 0.2) is 0 Å². The lowest BCUT2D eigenvalue weighted by atomic mass is 9.93. The van der Waals surface area contributed by atoms with Crippen molar-refractivity contribution in [1.82, 2.24) is 0 Å². The third-order valence-electron chi connectivity index (χ3n) is 3.61. The van der Waals surface area contributed by atoms with E-state index in [1.165, 1.54) is 18.2 Å². The average molecular weight is 313 g/mol. The van der Waals surface area contributed by atoms with Crippen LogP contribution in [0.3, 0.4) is 0 Å². The van der Waals surface area contributed by atoms with Gasteiger partial charge in [0.05, 0.1) is 24.0 Å². The first-order valence-electron chi connectivity index (χ1n) is 7.39. The topological polar surface area (TPSA) is 47.9 Å². The molecule has 1 fully saturated rings. The van der Waals surface area contributed by atoms with E-state index in [2.05, 4.69) is 5.16 Å². The van der Waals surface area contributed by atoms with E-state index in [0.717, 1.165) is 11.3 Å². The van der Waals surface area contributed by atoms with E-state index in [-0.39, 0.29) is 11.7 Å². The van der Waals surface area contributed by atoms with Crippen molar-refractivity contribution in [3.8, 4) is 0 Å². The molecule has 3 rings (SSSR count). The molecule has 1 saturated carbocycles. The number of nitrogens with zero attached hydrogens (tertiary/aromatic N) is 1. The van der Waals surface area contributed by atoms with Gasteiger partial charge in [0.2, 0.25) is 0 Å². The zero-order valence-electron chi connectivity index (χ0n) is 12.4. The van der Waals surface area contributed by atoms with Gasteiger partial charge in [-0.1, -0.05) is 47.6 Å². The Labute approximate surface area is 133 Å². The van der Waals surface area contributed by atoms with E-state index in [1.807, 2.05) is 30.3 Å². The monoisotopic (exact) mass is 313 g/mol. The van der Waals surface area contributed by atoms with Gasteiger partial charge in [-0.3, -0.25) is 0 Å². The summed E-state index contributed by atoms with van der Waals surface area (Å²) >= 11 is 0. The summed E-state index contributed by atoms with van der Waals surface area (Å²) in [6.45, 7) is 0.549. The fraction of sp³-hybridized carbons (Fsp3) is 0.222. The molecule has 0 saturated heterocycles. The first kappa shape index (κ1) is 15.4. The molecule has 0 amide bonds. The molecule has 1 aliphatic carbocycles. The summed E-state index contributed by atoms with van der Waals surface area (Å²) in [5, 5.41) is 3.77. The van der Waals surface area contributed by atoms with Gasteiger partial charge >= 0.3 is 5.97 Å². The van der Waals surface area contributed by atoms with Gasteiger partial charge in [-0.2, -0.15) is 0 Å². The average Bonchev–Trinajstić information content (AvgIpc) is 2.54. The van der Waals surface area contributed by atoms with Gasteiger partial charge in [-0.05, 0) is 17.7 Å². The van der Waals surface area contributed by atoms with Crippen LogP contribution in [-0.4, -0.2) is 17.8 Å². The van der Waals surface area contributed by atoms with Crippen LogP contribution in [0.1, 0.15) is 28.8 Å². The predicted octanol–water partition coefficient (Wildman–Crippen LogP) is 3.72. The minimum atomic E-state index is -0.788. The number of hydrogen-bond donors (Lipinski definition) is 0. The lowest BCUT2D eigenvalue weighted by Crippen LogP contribution is -2.31. The van der Waals surface area contributed by atoms with Crippen molar-refractivity contribution in [2.24, 2.45) is 5.16 Å². The van der Waals surface area contributed by atoms with Crippen LogP contribution >= 0.6 is 0 Å². The molecule has 0 N–H and O–H groups in total. The molecule has 118 valence electrons. The van der Waals surface area contributed by atoms with Crippen LogP contribution in [0.2, 0.25) is 0 Å². The normalized spacial score (nSPS) is 16.6. The molecule has 0 heterocycles. The molecule has 1 aliphatic rings. The van der Waals surface area contributed by atoms with Crippen molar-refractivity contribution in [3.63, 3.8) is 0 Å². The number of halogens is 1. The van der Waals surface area contributed by atoms with Gasteiger partial charge < -0.3 is 9.57 Å². The van der Waals surface area contributed by atoms with Gasteiger partial charge in [0.1, 0.15) is 5.82 Å². The van der Waals surface area contributed by atoms with Crippen LogP contribution in [-0.2, 0) is 16.2 Å². The summed E-state index contributed by atoms with van der Waals surface area (Å²) in [5.41, 5.74) is 1.74. The zero-order valence-corrected chi connectivity index (χ0v) is 12.4. The number of hydrogen-bond acceptors (Lipinski definition) is 4. The molecule has 5 heteroatoms. The lowest BCUT2D eigenvalue weighted by molar-refractivity contribution is 0.0290. The second-order valence-electron chi connectivity index (χ2n) is 5.34. The minimum absolute atomic E-state index is 0.0844. The molecule has 2 aromatic rings. The Hall–Kier alpha value is -2.53. The zero-order chi connectivity index (χ0) is 16.1. The number of oxime groups is 1. The van der Waals surface area contributed by atoms with Crippen molar-refractivity contribution < 1.29 is 18.8 Å². The number of carbonyl (C=O) groups excluding carboxylic acids is 1.